The van der Waals surface area contributed by atoms with Crippen molar-refractivity contribution in [2.75, 3.05) is 16.2 Å². The van der Waals surface area contributed by atoms with Crippen LogP contribution in [0.1, 0.15) is 36.2 Å². The number of nitrogens with one attached hydrogen (secondary N) is 2. The van der Waals surface area contributed by atoms with Crippen molar-refractivity contribution < 1.29 is 31.2 Å². The summed E-state index contributed by atoms with van der Waals surface area (Å²) in [6.45, 7) is 2.82. The van der Waals surface area contributed by atoms with Gasteiger partial charge in [0.05, 0.1) is 32.4 Å². The Balaban J connectivity index is 2.00. The average Bonchev–Trinajstić information content (AvgIpc) is 2.87. The zero-order chi connectivity index (χ0) is 28.1. The first-order chi connectivity index (χ1) is 17.8. The van der Waals surface area contributed by atoms with Crippen molar-refractivity contribution in [1.82, 2.24) is 5.32 Å². The van der Waals surface area contributed by atoms with Crippen LogP contribution in [0.2, 0.25) is 5.02 Å². The van der Waals surface area contributed by atoms with E-state index < -0.39 is 50.8 Å². The van der Waals surface area contributed by atoms with Crippen molar-refractivity contribution in [2.24, 2.45) is 0 Å². The van der Waals surface area contributed by atoms with E-state index in [-0.39, 0.29) is 22.2 Å². The van der Waals surface area contributed by atoms with E-state index >= 15 is 0 Å². The van der Waals surface area contributed by atoms with Crippen LogP contribution in [0.4, 0.5) is 24.5 Å². The SMILES string of the molecule is CC[C@@H](C)NC(=O)c1ccccc1NC(=O)CN(c1ccc(Cl)c(C(F)(F)F)c1)S(=O)(=O)c1ccccc1. The molecule has 0 saturated carbocycles. The number of amides is 2. The standard InChI is InChI=1S/C26H25ClF3N3O4S/c1-3-17(2)31-25(35)20-11-7-8-12-23(20)32-24(34)16-33(38(36,37)19-9-5-4-6-10-19)18-13-14-22(27)21(15-18)26(28,29)30/h4-15,17H,3,16H2,1-2H3,(H,31,35)(H,32,34)/t17-/m1/s1. The Labute approximate surface area is 223 Å². The fraction of sp³-hybridized carbons (Fsp3) is 0.231. The fourth-order valence-electron chi connectivity index (χ4n) is 3.43. The number of anilines is 2. The smallest absolute Gasteiger partial charge is 0.350 e. The lowest BCUT2D eigenvalue weighted by Gasteiger charge is -2.25. The number of carbonyl (C=O) groups is 2. The number of hydrogen-bond donors (Lipinski definition) is 2. The molecule has 0 heterocycles. The van der Waals surface area contributed by atoms with Gasteiger partial charge in [-0.2, -0.15) is 13.2 Å². The molecule has 38 heavy (non-hydrogen) atoms. The third-order valence-electron chi connectivity index (χ3n) is 5.60. The summed E-state index contributed by atoms with van der Waals surface area (Å²) in [5.41, 5.74) is -1.41. The van der Waals surface area contributed by atoms with E-state index in [1.165, 1.54) is 36.4 Å². The lowest BCUT2D eigenvalue weighted by molar-refractivity contribution is -0.137. The Bertz CT molecular complexity index is 1420. The summed E-state index contributed by atoms with van der Waals surface area (Å²) in [6, 6.07) is 15.5. The lowest BCUT2D eigenvalue weighted by Crippen LogP contribution is -2.39. The first kappa shape index (κ1) is 29.0. The van der Waals surface area contributed by atoms with Crippen LogP contribution >= 0.6 is 11.6 Å². The predicted octanol–water partition coefficient (Wildman–Crippen LogP) is 5.72. The van der Waals surface area contributed by atoms with Gasteiger partial charge in [-0.05, 0) is 55.8 Å². The molecule has 3 aromatic carbocycles. The van der Waals surface area contributed by atoms with Crippen LogP contribution in [0, 0.1) is 0 Å². The zero-order valence-electron chi connectivity index (χ0n) is 20.4. The highest BCUT2D eigenvalue weighted by molar-refractivity contribution is 7.92. The molecule has 0 saturated heterocycles. The highest BCUT2D eigenvalue weighted by Crippen LogP contribution is 2.38. The second kappa shape index (κ2) is 11.9. The van der Waals surface area contributed by atoms with Crippen molar-refractivity contribution >= 4 is 44.8 Å². The first-order valence-corrected chi connectivity index (χ1v) is 13.3. The highest BCUT2D eigenvalue weighted by atomic mass is 35.5. The highest BCUT2D eigenvalue weighted by Gasteiger charge is 2.35. The van der Waals surface area contributed by atoms with Crippen LogP contribution in [-0.2, 0) is 21.0 Å². The van der Waals surface area contributed by atoms with Crippen LogP contribution in [0.15, 0.2) is 77.7 Å². The summed E-state index contributed by atoms with van der Waals surface area (Å²) in [4.78, 5) is 25.5. The van der Waals surface area contributed by atoms with Crippen molar-refractivity contribution in [3.63, 3.8) is 0 Å². The number of carbonyl (C=O) groups excluding carboxylic acids is 2. The second-order valence-electron chi connectivity index (χ2n) is 8.36. The number of sulfonamides is 1. The molecule has 0 aromatic heterocycles. The summed E-state index contributed by atoms with van der Waals surface area (Å²) in [5.74, 6) is -1.33. The molecule has 0 fully saturated rings. The Morgan fingerprint density at radius 1 is 1.00 bits per heavy atom. The van der Waals surface area contributed by atoms with Gasteiger partial charge in [-0.1, -0.05) is 48.9 Å². The van der Waals surface area contributed by atoms with Gasteiger partial charge in [-0.15, -0.1) is 0 Å². The summed E-state index contributed by atoms with van der Waals surface area (Å²) < 4.78 is 68.1. The first-order valence-electron chi connectivity index (χ1n) is 11.5. The van der Waals surface area contributed by atoms with Gasteiger partial charge >= 0.3 is 6.18 Å². The van der Waals surface area contributed by atoms with Gasteiger partial charge in [0.2, 0.25) is 5.91 Å². The number of hydrogen-bond acceptors (Lipinski definition) is 4. The molecule has 1 atom stereocenters. The number of alkyl halides is 3. The van der Waals surface area contributed by atoms with Crippen molar-refractivity contribution in [1.29, 1.82) is 0 Å². The van der Waals surface area contributed by atoms with E-state index in [0.717, 1.165) is 12.1 Å². The van der Waals surface area contributed by atoms with Gasteiger partial charge in [0.15, 0.2) is 0 Å². The molecule has 3 aromatic rings. The molecular weight excluding hydrogens is 543 g/mol. The number of para-hydroxylation sites is 1. The topological polar surface area (TPSA) is 95.6 Å². The van der Waals surface area contributed by atoms with E-state index in [0.29, 0.717) is 16.8 Å². The Morgan fingerprint density at radius 3 is 2.26 bits per heavy atom. The molecule has 0 aliphatic rings. The van der Waals surface area contributed by atoms with E-state index in [9.17, 15) is 31.2 Å². The molecule has 0 unspecified atom stereocenters. The molecule has 0 spiro atoms. The molecule has 12 heteroatoms. The fourth-order valence-corrected chi connectivity index (χ4v) is 5.09. The Morgan fingerprint density at radius 2 is 1.63 bits per heavy atom. The van der Waals surface area contributed by atoms with Gasteiger partial charge in [0.1, 0.15) is 6.54 Å². The van der Waals surface area contributed by atoms with Crippen molar-refractivity contribution in [3.05, 3.63) is 88.9 Å². The summed E-state index contributed by atoms with van der Waals surface area (Å²) >= 11 is 5.72. The van der Waals surface area contributed by atoms with E-state index in [1.807, 2.05) is 13.8 Å². The van der Waals surface area contributed by atoms with Crippen LogP contribution in [0.5, 0.6) is 0 Å². The molecule has 0 aliphatic heterocycles. The number of halogens is 4. The van der Waals surface area contributed by atoms with Gasteiger partial charge in [0.25, 0.3) is 15.9 Å². The average molecular weight is 568 g/mol. The van der Waals surface area contributed by atoms with E-state index in [2.05, 4.69) is 10.6 Å². The van der Waals surface area contributed by atoms with Crippen LogP contribution < -0.4 is 14.9 Å². The second-order valence-corrected chi connectivity index (χ2v) is 10.6. The quantitative estimate of drug-likeness (QED) is 0.346. The summed E-state index contributed by atoms with van der Waals surface area (Å²) in [7, 11) is -4.48. The summed E-state index contributed by atoms with van der Waals surface area (Å²) in [5, 5.41) is 4.67. The van der Waals surface area contributed by atoms with E-state index in [1.54, 1.807) is 18.2 Å². The number of benzene rings is 3. The molecule has 2 N–H and O–H groups in total. The lowest BCUT2D eigenvalue weighted by atomic mass is 10.1. The zero-order valence-corrected chi connectivity index (χ0v) is 22.0. The maximum absolute atomic E-state index is 13.5. The normalized spacial score (nSPS) is 12.5. The third kappa shape index (κ3) is 6.84. The van der Waals surface area contributed by atoms with Crippen LogP contribution in [0.25, 0.3) is 0 Å². The van der Waals surface area contributed by atoms with Crippen LogP contribution in [-0.4, -0.2) is 32.8 Å². The molecule has 7 nitrogen and oxygen atoms in total. The minimum absolute atomic E-state index is 0.113. The molecular formula is C26H25ClF3N3O4S. The van der Waals surface area contributed by atoms with Gasteiger partial charge < -0.3 is 10.6 Å². The molecule has 202 valence electrons. The minimum atomic E-state index is -4.86. The largest absolute Gasteiger partial charge is 0.417 e. The summed E-state index contributed by atoms with van der Waals surface area (Å²) in [6.07, 6.45) is -4.19. The molecule has 3 rings (SSSR count). The van der Waals surface area contributed by atoms with Gasteiger partial charge in [-0.3, -0.25) is 13.9 Å². The van der Waals surface area contributed by atoms with Crippen LogP contribution in [0.3, 0.4) is 0 Å². The molecule has 0 bridgehead atoms. The maximum atomic E-state index is 13.5. The van der Waals surface area contributed by atoms with Crippen molar-refractivity contribution in [3.8, 4) is 0 Å². The van der Waals surface area contributed by atoms with E-state index in [4.69, 9.17) is 11.6 Å². The minimum Gasteiger partial charge on any atom is -0.350 e. The van der Waals surface area contributed by atoms with Crippen molar-refractivity contribution in [2.45, 2.75) is 37.4 Å². The number of nitrogens with zero attached hydrogens (tertiary/aromatic N) is 1. The molecule has 2 amide bonds. The van der Waals surface area contributed by atoms with Gasteiger partial charge in [-0.25, -0.2) is 8.42 Å². The number of rotatable bonds is 9. The third-order valence-corrected chi connectivity index (χ3v) is 7.72. The Kier molecular flexibility index (Phi) is 9.05. The monoisotopic (exact) mass is 567 g/mol. The molecule has 0 radical (unpaired) electrons. The molecule has 0 aliphatic carbocycles. The predicted molar refractivity (Wildman–Crippen MR) is 140 cm³/mol. The van der Waals surface area contributed by atoms with Gasteiger partial charge in [0, 0.05) is 6.04 Å². The maximum Gasteiger partial charge on any atom is 0.417 e. The Hall–Kier alpha value is -3.57.